The SMILES string of the molecule is Cc1cc([N+](=O)[O-])cc([N+](=O)[O-])c1O.c1ccc2nccnc2c1. The number of fused-ring (bicyclic) bond motifs is 1. The molecule has 0 radical (unpaired) electrons. The summed E-state index contributed by atoms with van der Waals surface area (Å²) in [6.45, 7) is 1.36. The molecule has 9 heteroatoms. The van der Waals surface area contributed by atoms with Gasteiger partial charge in [-0.05, 0) is 19.1 Å². The highest BCUT2D eigenvalue weighted by molar-refractivity contribution is 5.73. The van der Waals surface area contributed by atoms with E-state index in [9.17, 15) is 25.3 Å². The molecule has 0 bridgehead atoms. The average Bonchev–Trinajstić information content (AvgIpc) is 2.57. The molecule has 0 saturated carbocycles. The van der Waals surface area contributed by atoms with Crippen molar-refractivity contribution in [1.29, 1.82) is 0 Å². The lowest BCUT2D eigenvalue weighted by Gasteiger charge is -1.99. The Balaban J connectivity index is 0.000000182. The molecule has 0 amide bonds. The van der Waals surface area contributed by atoms with Crippen molar-refractivity contribution >= 4 is 22.4 Å². The third kappa shape index (κ3) is 3.77. The molecule has 1 aromatic heterocycles. The molecule has 0 atom stereocenters. The number of rotatable bonds is 2. The van der Waals surface area contributed by atoms with Gasteiger partial charge in [0.1, 0.15) is 0 Å². The summed E-state index contributed by atoms with van der Waals surface area (Å²) in [7, 11) is 0. The lowest BCUT2D eigenvalue weighted by molar-refractivity contribution is -0.394. The Morgan fingerprint density at radius 1 is 0.958 bits per heavy atom. The van der Waals surface area contributed by atoms with Crippen LogP contribution in [0.5, 0.6) is 5.75 Å². The van der Waals surface area contributed by atoms with Crippen LogP contribution in [0.1, 0.15) is 5.56 Å². The van der Waals surface area contributed by atoms with E-state index in [1.807, 2.05) is 24.3 Å². The number of phenols is 1. The van der Waals surface area contributed by atoms with Crippen LogP contribution < -0.4 is 0 Å². The van der Waals surface area contributed by atoms with Crippen LogP contribution in [-0.4, -0.2) is 24.9 Å². The van der Waals surface area contributed by atoms with E-state index >= 15 is 0 Å². The first-order valence-corrected chi connectivity index (χ1v) is 6.68. The number of aromatic hydroxyl groups is 1. The average molecular weight is 328 g/mol. The Morgan fingerprint density at radius 2 is 1.50 bits per heavy atom. The second-order valence-corrected chi connectivity index (χ2v) is 4.69. The fraction of sp³-hybridized carbons (Fsp3) is 0.0667. The van der Waals surface area contributed by atoms with Crippen molar-refractivity contribution in [1.82, 2.24) is 9.97 Å². The summed E-state index contributed by atoms with van der Waals surface area (Å²) in [6.07, 6.45) is 3.39. The molecule has 0 aliphatic heterocycles. The van der Waals surface area contributed by atoms with Gasteiger partial charge in [-0.25, -0.2) is 0 Å². The van der Waals surface area contributed by atoms with Gasteiger partial charge in [0.05, 0.1) is 26.9 Å². The predicted molar refractivity (Wildman–Crippen MR) is 85.7 cm³/mol. The quantitative estimate of drug-likeness (QED) is 0.564. The standard InChI is InChI=1S/C8H6N2.C7H6N2O5/c1-2-4-8-7(3-1)9-5-6-10-8;1-4-2-5(8(11)12)3-6(7(4)10)9(13)14/h1-6H;2-3,10H,1H3. The monoisotopic (exact) mass is 328 g/mol. The van der Waals surface area contributed by atoms with Crippen LogP contribution >= 0.6 is 0 Å². The van der Waals surface area contributed by atoms with Crippen LogP contribution in [0.15, 0.2) is 48.8 Å². The number of nitro benzene ring substituents is 2. The number of non-ortho nitro benzene ring substituents is 1. The second-order valence-electron chi connectivity index (χ2n) is 4.69. The number of benzene rings is 2. The first-order chi connectivity index (χ1) is 11.4. The third-order valence-electron chi connectivity index (χ3n) is 3.05. The maximum absolute atomic E-state index is 10.4. The molecule has 0 saturated heterocycles. The molecule has 1 N–H and O–H groups in total. The Hall–Kier alpha value is -3.62. The summed E-state index contributed by atoms with van der Waals surface area (Å²) in [5.41, 5.74) is 0.935. The number of nitrogens with zero attached hydrogens (tertiary/aromatic N) is 4. The van der Waals surface area contributed by atoms with E-state index in [4.69, 9.17) is 0 Å². The molecule has 0 spiro atoms. The van der Waals surface area contributed by atoms with Gasteiger partial charge in [-0.3, -0.25) is 30.2 Å². The normalized spacial score (nSPS) is 9.88. The van der Waals surface area contributed by atoms with E-state index in [2.05, 4.69) is 9.97 Å². The van der Waals surface area contributed by atoms with Crippen molar-refractivity contribution < 1.29 is 15.0 Å². The summed E-state index contributed by atoms with van der Waals surface area (Å²) in [5, 5.41) is 29.9. The van der Waals surface area contributed by atoms with E-state index in [1.165, 1.54) is 6.92 Å². The van der Waals surface area contributed by atoms with Gasteiger partial charge in [0.2, 0.25) is 0 Å². The van der Waals surface area contributed by atoms with E-state index in [0.29, 0.717) is 0 Å². The molecule has 24 heavy (non-hydrogen) atoms. The number of phenolic OH excluding ortho intramolecular Hbond substituents is 1. The number of hydrogen-bond donors (Lipinski definition) is 1. The lowest BCUT2D eigenvalue weighted by Crippen LogP contribution is -1.94. The van der Waals surface area contributed by atoms with Gasteiger partial charge < -0.3 is 5.11 Å². The van der Waals surface area contributed by atoms with Crippen molar-refractivity contribution in [3.05, 3.63) is 74.6 Å². The van der Waals surface area contributed by atoms with Crippen LogP contribution in [0.4, 0.5) is 11.4 Å². The van der Waals surface area contributed by atoms with Gasteiger partial charge in [-0.1, -0.05) is 12.1 Å². The second kappa shape index (κ2) is 7.09. The summed E-state index contributed by atoms with van der Waals surface area (Å²) in [4.78, 5) is 27.3. The van der Waals surface area contributed by atoms with Crippen molar-refractivity contribution in [3.8, 4) is 5.75 Å². The van der Waals surface area contributed by atoms with E-state index in [1.54, 1.807) is 12.4 Å². The minimum atomic E-state index is -0.866. The van der Waals surface area contributed by atoms with Crippen LogP contribution in [0.3, 0.4) is 0 Å². The van der Waals surface area contributed by atoms with Gasteiger partial charge >= 0.3 is 5.69 Å². The Morgan fingerprint density at radius 3 is 1.96 bits per heavy atom. The van der Waals surface area contributed by atoms with E-state index in [0.717, 1.165) is 23.2 Å². The minimum absolute atomic E-state index is 0.103. The number of nitro groups is 2. The Labute approximate surface area is 135 Å². The zero-order chi connectivity index (χ0) is 17.7. The molecule has 9 nitrogen and oxygen atoms in total. The van der Waals surface area contributed by atoms with E-state index < -0.39 is 27.0 Å². The van der Waals surface area contributed by atoms with E-state index in [-0.39, 0.29) is 5.56 Å². The zero-order valence-electron chi connectivity index (χ0n) is 12.5. The summed E-state index contributed by atoms with van der Waals surface area (Å²) in [5.74, 6) is -0.541. The Kier molecular flexibility index (Phi) is 4.95. The van der Waals surface area contributed by atoms with Crippen LogP contribution in [-0.2, 0) is 0 Å². The van der Waals surface area contributed by atoms with Crippen molar-refractivity contribution in [2.24, 2.45) is 0 Å². The molecule has 122 valence electrons. The molecule has 0 aliphatic carbocycles. The zero-order valence-corrected chi connectivity index (χ0v) is 12.5. The topological polar surface area (TPSA) is 132 Å². The molecule has 2 aromatic carbocycles. The molecular formula is C15H12N4O5. The highest BCUT2D eigenvalue weighted by Crippen LogP contribution is 2.33. The summed E-state index contributed by atoms with van der Waals surface area (Å²) < 4.78 is 0. The van der Waals surface area contributed by atoms with Gasteiger partial charge in [0.15, 0.2) is 5.75 Å². The number of hydrogen-bond acceptors (Lipinski definition) is 7. The summed E-state index contributed by atoms with van der Waals surface area (Å²) >= 11 is 0. The summed E-state index contributed by atoms with van der Waals surface area (Å²) in [6, 6.07) is 9.60. The fourth-order valence-electron chi connectivity index (χ4n) is 1.90. The molecule has 3 aromatic rings. The van der Waals surface area contributed by atoms with Crippen molar-refractivity contribution in [2.75, 3.05) is 0 Å². The minimum Gasteiger partial charge on any atom is -0.502 e. The lowest BCUT2D eigenvalue weighted by atomic mass is 10.1. The maximum atomic E-state index is 10.4. The molecule has 3 rings (SSSR count). The molecule has 0 fully saturated rings. The number of aromatic nitrogens is 2. The Bertz CT molecular complexity index is 848. The predicted octanol–water partition coefficient (Wildman–Crippen LogP) is 3.15. The highest BCUT2D eigenvalue weighted by atomic mass is 16.6. The fourth-order valence-corrected chi connectivity index (χ4v) is 1.90. The van der Waals surface area contributed by atoms with Gasteiger partial charge in [0.25, 0.3) is 5.69 Å². The van der Waals surface area contributed by atoms with Crippen molar-refractivity contribution in [2.45, 2.75) is 6.92 Å². The first kappa shape index (κ1) is 16.7. The highest BCUT2D eigenvalue weighted by Gasteiger charge is 2.21. The van der Waals surface area contributed by atoms with Crippen LogP contribution in [0, 0.1) is 27.2 Å². The number of para-hydroxylation sites is 2. The van der Waals surface area contributed by atoms with Gasteiger partial charge in [-0.15, -0.1) is 0 Å². The van der Waals surface area contributed by atoms with Crippen molar-refractivity contribution in [3.63, 3.8) is 0 Å². The molecule has 0 unspecified atom stereocenters. The molecule has 0 aliphatic rings. The number of aryl methyl sites for hydroxylation is 1. The van der Waals surface area contributed by atoms with Crippen LogP contribution in [0.2, 0.25) is 0 Å². The third-order valence-corrected chi connectivity index (χ3v) is 3.05. The first-order valence-electron chi connectivity index (χ1n) is 6.68. The largest absolute Gasteiger partial charge is 0.502 e. The molecule has 1 heterocycles. The van der Waals surface area contributed by atoms with Gasteiger partial charge in [0, 0.05) is 24.0 Å². The van der Waals surface area contributed by atoms with Gasteiger partial charge in [-0.2, -0.15) is 0 Å². The molecular weight excluding hydrogens is 316 g/mol. The van der Waals surface area contributed by atoms with Crippen LogP contribution in [0.25, 0.3) is 11.0 Å². The smallest absolute Gasteiger partial charge is 0.317 e. The maximum Gasteiger partial charge on any atom is 0.317 e.